The Bertz CT molecular complexity index is 936. The summed E-state index contributed by atoms with van der Waals surface area (Å²) in [6, 6.07) is 9.69. The van der Waals surface area contributed by atoms with Crippen molar-refractivity contribution in [2.45, 2.75) is 12.7 Å². The van der Waals surface area contributed by atoms with Crippen LogP contribution in [0.3, 0.4) is 0 Å². The Balaban J connectivity index is 1.60. The predicted octanol–water partition coefficient (Wildman–Crippen LogP) is 4.47. The second kappa shape index (κ2) is 7.48. The lowest BCUT2D eigenvalue weighted by molar-refractivity contribution is -0.137. The number of alkyl halides is 3. The molecule has 0 unspecified atom stereocenters. The van der Waals surface area contributed by atoms with E-state index >= 15 is 0 Å². The first-order valence-corrected chi connectivity index (χ1v) is 7.72. The lowest BCUT2D eigenvalue weighted by atomic mass is 10.2. The van der Waals surface area contributed by atoms with Gasteiger partial charge in [-0.05, 0) is 42.5 Å². The molecule has 0 saturated carbocycles. The number of aromatic nitrogens is 2. The van der Waals surface area contributed by atoms with Crippen molar-refractivity contribution in [3.05, 3.63) is 72.3 Å². The van der Waals surface area contributed by atoms with Crippen LogP contribution in [-0.2, 0) is 17.5 Å². The van der Waals surface area contributed by atoms with Gasteiger partial charge in [-0.2, -0.15) is 18.3 Å². The topological polar surface area (TPSA) is 56.2 Å². The number of nitrogens with one attached hydrogen (secondary N) is 1. The molecule has 5 nitrogen and oxygen atoms in total. The zero-order valence-corrected chi connectivity index (χ0v) is 13.7. The minimum atomic E-state index is -4.49. The molecule has 0 spiro atoms. The summed E-state index contributed by atoms with van der Waals surface area (Å²) in [6.45, 7) is -0.219. The molecule has 27 heavy (non-hydrogen) atoms. The quantitative estimate of drug-likeness (QED) is 0.666. The Kier molecular flexibility index (Phi) is 5.11. The number of ether oxygens (including phenoxy) is 1. The van der Waals surface area contributed by atoms with Gasteiger partial charge in [0.1, 0.15) is 18.1 Å². The summed E-state index contributed by atoms with van der Waals surface area (Å²) in [5, 5.41) is 6.33. The maximum Gasteiger partial charge on any atom is 0.416 e. The maximum atomic E-state index is 12.9. The van der Waals surface area contributed by atoms with Crippen LogP contribution >= 0.6 is 0 Å². The number of anilines is 1. The molecule has 0 fully saturated rings. The van der Waals surface area contributed by atoms with E-state index in [2.05, 4.69) is 10.4 Å². The van der Waals surface area contributed by atoms with E-state index in [1.807, 2.05) is 0 Å². The molecule has 1 aromatic heterocycles. The van der Waals surface area contributed by atoms with E-state index in [4.69, 9.17) is 4.74 Å². The number of nitrogens with zero attached hydrogens (tertiary/aromatic N) is 2. The predicted molar refractivity (Wildman–Crippen MR) is 88.8 cm³/mol. The molecule has 0 aliphatic carbocycles. The molecule has 140 valence electrons. The van der Waals surface area contributed by atoms with Crippen LogP contribution in [0.2, 0.25) is 0 Å². The van der Waals surface area contributed by atoms with Gasteiger partial charge in [-0.15, -0.1) is 0 Å². The molecule has 0 atom stereocenters. The molecular formula is C18H13F4N3O2. The lowest BCUT2D eigenvalue weighted by Crippen LogP contribution is -2.19. The van der Waals surface area contributed by atoms with Gasteiger partial charge in [0.25, 0.3) is 0 Å². The number of benzene rings is 2. The smallest absolute Gasteiger partial charge is 0.416 e. The van der Waals surface area contributed by atoms with E-state index in [-0.39, 0.29) is 12.2 Å². The molecule has 0 bridgehead atoms. The first-order valence-electron chi connectivity index (χ1n) is 7.72. The zero-order valence-electron chi connectivity index (χ0n) is 13.7. The van der Waals surface area contributed by atoms with Gasteiger partial charge in [-0.1, -0.05) is 6.07 Å². The molecule has 0 saturated heterocycles. The van der Waals surface area contributed by atoms with Gasteiger partial charge < -0.3 is 10.1 Å². The van der Waals surface area contributed by atoms with Crippen LogP contribution in [-0.4, -0.2) is 15.7 Å². The van der Waals surface area contributed by atoms with Gasteiger partial charge in [0, 0.05) is 5.69 Å². The fourth-order valence-corrected chi connectivity index (χ4v) is 2.24. The van der Waals surface area contributed by atoms with E-state index < -0.39 is 23.5 Å². The van der Waals surface area contributed by atoms with Crippen LogP contribution in [0, 0.1) is 5.82 Å². The summed E-state index contributed by atoms with van der Waals surface area (Å²) >= 11 is 0. The van der Waals surface area contributed by atoms with Crippen molar-refractivity contribution >= 4 is 11.6 Å². The lowest BCUT2D eigenvalue weighted by Gasteiger charge is -2.10. The van der Waals surface area contributed by atoms with E-state index in [9.17, 15) is 22.4 Å². The summed E-state index contributed by atoms with van der Waals surface area (Å²) in [5.74, 6) is -0.229. The van der Waals surface area contributed by atoms with Gasteiger partial charge >= 0.3 is 6.18 Å². The number of halogens is 4. The number of carbonyl (C=O) groups excluding carboxylic acids is 1. The molecule has 0 radical (unpaired) electrons. The van der Waals surface area contributed by atoms with Gasteiger partial charge in [-0.3, -0.25) is 9.48 Å². The van der Waals surface area contributed by atoms with Crippen molar-refractivity contribution in [1.82, 2.24) is 9.78 Å². The number of amides is 1. The molecule has 3 aromatic rings. The Morgan fingerprint density at radius 1 is 1.11 bits per heavy atom. The minimum Gasteiger partial charge on any atom is -0.454 e. The Morgan fingerprint density at radius 3 is 2.56 bits per heavy atom. The van der Waals surface area contributed by atoms with E-state index in [1.165, 1.54) is 53.5 Å². The van der Waals surface area contributed by atoms with Gasteiger partial charge in [0.15, 0.2) is 5.75 Å². The Labute approximate surface area is 151 Å². The van der Waals surface area contributed by atoms with Gasteiger partial charge in [-0.25, -0.2) is 4.39 Å². The molecule has 2 aromatic carbocycles. The van der Waals surface area contributed by atoms with Gasteiger partial charge in [0.2, 0.25) is 5.91 Å². The number of hydrogen-bond acceptors (Lipinski definition) is 3. The van der Waals surface area contributed by atoms with Crippen LogP contribution in [0.5, 0.6) is 11.5 Å². The molecule has 0 aliphatic heterocycles. The highest BCUT2D eigenvalue weighted by Crippen LogP contribution is 2.30. The molecular weight excluding hydrogens is 366 g/mol. The average Bonchev–Trinajstić information content (AvgIpc) is 3.03. The first-order chi connectivity index (χ1) is 12.8. The van der Waals surface area contributed by atoms with Crippen molar-refractivity contribution in [3.63, 3.8) is 0 Å². The van der Waals surface area contributed by atoms with Crippen LogP contribution in [0.4, 0.5) is 23.2 Å². The molecule has 1 amide bonds. The monoisotopic (exact) mass is 379 g/mol. The van der Waals surface area contributed by atoms with Crippen molar-refractivity contribution in [2.75, 3.05) is 5.32 Å². The van der Waals surface area contributed by atoms with Crippen molar-refractivity contribution in [3.8, 4) is 11.5 Å². The summed E-state index contributed by atoms with van der Waals surface area (Å²) in [5.41, 5.74) is -0.820. The van der Waals surface area contributed by atoms with E-state index in [0.717, 1.165) is 12.1 Å². The highest BCUT2D eigenvalue weighted by Gasteiger charge is 2.30. The van der Waals surface area contributed by atoms with Gasteiger partial charge in [0.05, 0.1) is 18.0 Å². The fourth-order valence-electron chi connectivity index (χ4n) is 2.24. The number of hydrogen-bond donors (Lipinski definition) is 1. The largest absolute Gasteiger partial charge is 0.454 e. The Morgan fingerprint density at radius 2 is 1.85 bits per heavy atom. The van der Waals surface area contributed by atoms with E-state index in [0.29, 0.717) is 11.5 Å². The van der Waals surface area contributed by atoms with Crippen LogP contribution in [0.1, 0.15) is 5.56 Å². The van der Waals surface area contributed by atoms with Crippen LogP contribution in [0.15, 0.2) is 60.9 Å². The third-order valence-electron chi connectivity index (χ3n) is 3.44. The summed E-state index contributed by atoms with van der Waals surface area (Å²) in [6.07, 6.45) is -1.69. The zero-order chi connectivity index (χ0) is 19.4. The molecule has 1 N–H and O–H groups in total. The SMILES string of the molecule is O=C(Cn1cc(Oc2ccc(F)cc2)cn1)Nc1cccc(C(F)(F)F)c1. The average molecular weight is 379 g/mol. The van der Waals surface area contributed by atoms with Crippen molar-refractivity contribution in [2.24, 2.45) is 0 Å². The Hall–Kier alpha value is -3.36. The fraction of sp³-hybridized carbons (Fsp3) is 0.111. The van der Waals surface area contributed by atoms with E-state index in [1.54, 1.807) is 0 Å². The summed E-state index contributed by atoms with van der Waals surface area (Å²) in [4.78, 5) is 12.0. The number of rotatable bonds is 5. The van der Waals surface area contributed by atoms with Crippen LogP contribution in [0.25, 0.3) is 0 Å². The maximum absolute atomic E-state index is 12.9. The standard InChI is InChI=1S/C18H13F4N3O2/c19-13-4-6-15(7-5-13)27-16-9-23-25(10-16)11-17(26)24-14-3-1-2-12(8-14)18(20,21)22/h1-10H,11H2,(H,24,26). The van der Waals surface area contributed by atoms with Crippen molar-refractivity contribution in [1.29, 1.82) is 0 Å². The molecule has 1 heterocycles. The third-order valence-corrected chi connectivity index (χ3v) is 3.44. The second-order valence-corrected chi connectivity index (χ2v) is 5.56. The third kappa shape index (κ3) is 5.06. The summed E-state index contributed by atoms with van der Waals surface area (Å²) < 4.78 is 57.7. The minimum absolute atomic E-state index is 0.0322. The molecule has 9 heteroatoms. The number of carbonyl (C=O) groups is 1. The normalized spacial score (nSPS) is 11.3. The molecule has 0 aliphatic rings. The summed E-state index contributed by atoms with van der Waals surface area (Å²) in [7, 11) is 0. The highest BCUT2D eigenvalue weighted by molar-refractivity contribution is 5.90. The van der Waals surface area contributed by atoms with Crippen molar-refractivity contribution < 1.29 is 27.1 Å². The first kappa shape index (κ1) is 18.4. The second-order valence-electron chi connectivity index (χ2n) is 5.56. The molecule has 3 rings (SSSR count). The highest BCUT2D eigenvalue weighted by atomic mass is 19.4. The van der Waals surface area contributed by atoms with Crippen LogP contribution < -0.4 is 10.1 Å².